The third kappa shape index (κ3) is 12.9. The molecule has 1 N–H and O–H groups in total. The molecule has 21 heavy (non-hydrogen) atoms. The first-order valence-electron chi connectivity index (χ1n) is 9.24. The van der Waals surface area contributed by atoms with Crippen molar-refractivity contribution in [1.82, 2.24) is 10.2 Å². The fourth-order valence-corrected chi connectivity index (χ4v) is 2.52. The van der Waals surface area contributed by atoms with Gasteiger partial charge < -0.3 is 10.2 Å². The van der Waals surface area contributed by atoms with Crippen LogP contribution in [0.5, 0.6) is 0 Å². The Morgan fingerprint density at radius 2 is 1.43 bits per heavy atom. The summed E-state index contributed by atoms with van der Waals surface area (Å²) in [6, 6.07) is 0. The van der Waals surface area contributed by atoms with E-state index < -0.39 is 0 Å². The van der Waals surface area contributed by atoms with Gasteiger partial charge in [-0.2, -0.15) is 0 Å². The standard InChI is InChI=1S/C18H38N2O/c1-4-7-9-11-14-18(21)20(6-3)17-13-16-19-15-12-10-8-5-2/h19H,4-17H2,1-3H3. The maximum atomic E-state index is 12.1. The molecule has 1 amide bonds. The summed E-state index contributed by atoms with van der Waals surface area (Å²) >= 11 is 0. The Kier molecular flexibility index (Phi) is 15.4. The van der Waals surface area contributed by atoms with Crippen LogP contribution in [0.2, 0.25) is 0 Å². The van der Waals surface area contributed by atoms with E-state index in [1.54, 1.807) is 0 Å². The molecule has 0 saturated heterocycles. The van der Waals surface area contributed by atoms with Crippen molar-refractivity contribution in [3.8, 4) is 0 Å². The number of nitrogens with one attached hydrogen (secondary N) is 1. The highest BCUT2D eigenvalue weighted by Gasteiger charge is 2.10. The largest absolute Gasteiger partial charge is 0.343 e. The molecule has 0 bridgehead atoms. The minimum Gasteiger partial charge on any atom is -0.343 e. The average Bonchev–Trinajstić information content (AvgIpc) is 2.50. The highest BCUT2D eigenvalue weighted by molar-refractivity contribution is 5.76. The minimum atomic E-state index is 0.344. The summed E-state index contributed by atoms with van der Waals surface area (Å²) < 4.78 is 0. The fourth-order valence-electron chi connectivity index (χ4n) is 2.52. The molecule has 0 aliphatic heterocycles. The van der Waals surface area contributed by atoms with Crippen LogP contribution in [0.3, 0.4) is 0 Å². The van der Waals surface area contributed by atoms with Crippen LogP contribution < -0.4 is 5.32 Å². The first kappa shape index (κ1) is 20.4. The van der Waals surface area contributed by atoms with Crippen LogP contribution in [0.1, 0.15) is 85.0 Å². The van der Waals surface area contributed by atoms with E-state index in [9.17, 15) is 4.79 Å². The van der Waals surface area contributed by atoms with Crippen LogP contribution in [0.25, 0.3) is 0 Å². The summed E-state index contributed by atoms with van der Waals surface area (Å²) in [6.45, 7) is 10.4. The number of carbonyl (C=O) groups excluding carboxylic acids is 1. The molecule has 3 nitrogen and oxygen atoms in total. The zero-order valence-electron chi connectivity index (χ0n) is 14.8. The predicted molar refractivity (Wildman–Crippen MR) is 92.6 cm³/mol. The summed E-state index contributed by atoms with van der Waals surface area (Å²) in [5, 5.41) is 3.48. The van der Waals surface area contributed by atoms with Gasteiger partial charge in [0.1, 0.15) is 0 Å². The van der Waals surface area contributed by atoms with Crippen molar-refractivity contribution in [2.24, 2.45) is 0 Å². The molecule has 0 heterocycles. The molecule has 0 spiro atoms. The normalized spacial score (nSPS) is 10.8. The summed E-state index contributed by atoms with van der Waals surface area (Å²) in [4.78, 5) is 14.1. The van der Waals surface area contributed by atoms with Gasteiger partial charge in [0.2, 0.25) is 5.91 Å². The SMILES string of the molecule is CCCCCCNCCCN(CC)C(=O)CCCCCC. The van der Waals surface area contributed by atoms with Crippen molar-refractivity contribution in [2.45, 2.75) is 85.0 Å². The fraction of sp³-hybridized carbons (Fsp3) is 0.944. The maximum absolute atomic E-state index is 12.1. The maximum Gasteiger partial charge on any atom is 0.222 e. The smallest absolute Gasteiger partial charge is 0.222 e. The zero-order chi connectivity index (χ0) is 15.8. The van der Waals surface area contributed by atoms with Crippen LogP contribution in [-0.2, 0) is 4.79 Å². The second-order valence-electron chi connectivity index (χ2n) is 5.95. The number of amides is 1. The van der Waals surface area contributed by atoms with Crippen LogP contribution in [0.4, 0.5) is 0 Å². The van der Waals surface area contributed by atoms with E-state index >= 15 is 0 Å². The molecular weight excluding hydrogens is 260 g/mol. The Hall–Kier alpha value is -0.570. The predicted octanol–water partition coefficient (Wildman–Crippen LogP) is 4.37. The van der Waals surface area contributed by atoms with Crippen molar-refractivity contribution >= 4 is 5.91 Å². The van der Waals surface area contributed by atoms with E-state index in [0.717, 1.165) is 45.4 Å². The van der Waals surface area contributed by atoms with Crippen molar-refractivity contribution in [1.29, 1.82) is 0 Å². The molecular formula is C18H38N2O. The third-order valence-corrected chi connectivity index (χ3v) is 3.97. The van der Waals surface area contributed by atoms with Gasteiger partial charge in [-0.05, 0) is 39.3 Å². The van der Waals surface area contributed by atoms with Gasteiger partial charge in [-0.25, -0.2) is 0 Å². The molecule has 3 heteroatoms. The van der Waals surface area contributed by atoms with Gasteiger partial charge in [-0.15, -0.1) is 0 Å². The Morgan fingerprint density at radius 3 is 2.05 bits per heavy atom. The monoisotopic (exact) mass is 298 g/mol. The lowest BCUT2D eigenvalue weighted by molar-refractivity contribution is -0.131. The molecule has 0 rings (SSSR count). The highest BCUT2D eigenvalue weighted by atomic mass is 16.2. The van der Waals surface area contributed by atoms with E-state index in [2.05, 4.69) is 26.1 Å². The molecule has 0 saturated carbocycles. The molecule has 0 unspecified atom stereocenters. The zero-order valence-corrected chi connectivity index (χ0v) is 14.8. The number of carbonyl (C=O) groups is 1. The number of unbranched alkanes of at least 4 members (excludes halogenated alkanes) is 6. The first-order chi connectivity index (χ1) is 10.3. The third-order valence-electron chi connectivity index (χ3n) is 3.97. The van der Waals surface area contributed by atoms with Crippen molar-refractivity contribution in [3.05, 3.63) is 0 Å². The molecule has 0 aliphatic carbocycles. The topological polar surface area (TPSA) is 32.3 Å². The highest BCUT2D eigenvalue weighted by Crippen LogP contribution is 2.05. The van der Waals surface area contributed by atoms with Gasteiger partial charge in [-0.1, -0.05) is 52.4 Å². The molecule has 0 aromatic carbocycles. The summed E-state index contributed by atoms with van der Waals surface area (Å²) in [6.07, 6.45) is 11.8. The van der Waals surface area contributed by atoms with Gasteiger partial charge in [0.15, 0.2) is 0 Å². The van der Waals surface area contributed by atoms with Crippen molar-refractivity contribution in [3.63, 3.8) is 0 Å². The van der Waals surface area contributed by atoms with Gasteiger partial charge in [0.05, 0.1) is 0 Å². The lowest BCUT2D eigenvalue weighted by atomic mass is 10.1. The van der Waals surface area contributed by atoms with E-state index in [1.807, 2.05) is 4.90 Å². The summed E-state index contributed by atoms with van der Waals surface area (Å²) in [7, 11) is 0. The van der Waals surface area contributed by atoms with Gasteiger partial charge in [0.25, 0.3) is 0 Å². The van der Waals surface area contributed by atoms with Gasteiger partial charge in [-0.3, -0.25) is 4.79 Å². The Morgan fingerprint density at radius 1 is 0.810 bits per heavy atom. The van der Waals surface area contributed by atoms with E-state index in [-0.39, 0.29) is 0 Å². The van der Waals surface area contributed by atoms with Crippen LogP contribution in [0, 0.1) is 0 Å². The first-order valence-corrected chi connectivity index (χ1v) is 9.24. The molecule has 0 atom stereocenters. The van der Waals surface area contributed by atoms with E-state index in [4.69, 9.17) is 0 Å². The Labute approximate surface area is 132 Å². The molecule has 0 fully saturated rings. The van der Waals surface area contributed by atoms with Crippen LogP contribution in [-0.4, -0.2) is 37.0 Å². The number of hydrogen-bond acceptors (Lipinski definition) is 2. The second kappa shape index (κ2) is 15.8. The minimum absolute atomic E-state index is 0.344. The van der Waals surface area contributed by atoms with Gasteiger partial charge in [0, 0.05) is 19.5 Å². The number of rotatable bonds is 15. The number of hydrogen-bond donors (Lipinski definition) is 1. The average molecular weight is 299 g/mol. The molecule has 126 valence electrons. The van der Waals surface area contributed by atoms with Crippen LogP contribution >= 0.6 is 0 Å². The molecule has 0 aromatic rings. The Bertz CT molecular complexity index is 231. The van der Waals surface area contributed by atoms with Gasteiger partial charge >= 0.3 is 0 Å². The quantitative estimate of drug-likeness (QED) is 0.455. The summed E-state index contributed by atoms with van der Waals surface area (Å²) in [5.74, 6) is 0.344. The summed E-state index contributed by atoms with van der Waals surface area (Å²) in [5.41, 5.74) is 0. The lowest BCUT2D eigenvalue weighted by Gasteiger charge is -2.21. The second-order valence-corrected chi connectivity index (χ2v) is 5.95. The molecule has 0 aliphatic rings. The number of nitrogens with zero attached hydrogens (tertiary/aromatic N) is 1. The van der Waals surface area contributed by atoms with E-state index in [0.29, 0.717) is 5.91 Å². The molecule has 0 radical (unpaired) electrons. The Balaban J connectivity index is 3.53. The lowest BCUT2D eigenvalue weighted by Crippen LogP contribution is -2.33. The molecule has 0 aromatic heterocycles. The van der Waals surface area contributed by atoms with Crippen LogP contribution in [0.15, 0.2) is 0 Å². The van der Waals surface area contributed by atoms with Crippen molar-refractivity contribution in [2.75, 3.05) is 26.2 Å². The van der Waals surface area contributed by atoms with E-state index in [1.165, 1.54) is 44.9 Å². The van der Waals surface area contributed by atoms with Crippen molar-refractivity contribution < 1.29 is 4.79 Å².